The zero-order chi connectivity index (χ0) is 17.8. The largest absolute Gasteiger partial charge is 0.369 e. The average molecular weight is 397 g/mol. The number of rotatable bonds is 5. The van der Waals surface area contributed by atoms with E-state index >= 15 is 0 Å². The second-order valence-corrected chi connectivity index (χ2v) is 6.59. The summed E-state index contributed by atoms with van der Waals surface area (Å²) in [6.45, 7) is 0. The van der Waals surface area contributed by atoms with Crippen LogP contribution in [0.4, 0.5) is 5.82 Å². The molecular formula is C19H17BrN4O. The quantitative estimate of drug-likeness (QED) is 0.366. The smallest absolute Gasteiger partial charge is 0.168 e. The van der Waals surface area contributed by atoms with Gasteiger partial charge in [0.05, 0.1) is 17.6 Å². The number of hydrogen-bond acceptors (Lipinski definition) is 3. The summed E-state index contributed by atoms with van der Waals surface area (Å²) < 4.78 is 2.62. The molecule has 0 fully saturated rings. The molecule has 6 heteroatoms. The summed E-state index contributed by atoms with van der Waals surface area (Å²) in [6.07, 6.45) is 2.47. The van der Waals surface area contributed by atoms with Crippen molar-refractivity contribution in [3.05, 3.63) is 64.6 Å². The summed E-state index contributed by atoms with van der Waals surface area (Å²) in [5.74, 6) is 0.501. The summed E-state index contributed by atoms with van der Waals surface area (Å²) in [5.41, 5.74) is 2.77. The lowest BCUT2D eigenvalue weighted by Gasteiger charge is -2.06. The van der Waals surface area contributed by atoms with E-state index in [1.54, 1.807) is 11.0 Å². The molecule has 0 spiro atoms. The van der Waals surface area contributed by atoms with E-state index < -0.39 is 0 Å². The van der Waals surface area contributed by atoms with Crippen LogP contribution in [-0.2, 0) is 0 Å². The number of hydrogen-bond donors (Lipinski definition) is 0. The lowest BCUT2D eigenvalue weighted by molar-refractivity contribution is 0.112. The van der Waals surface area contributed by atoms with Gasteiger partial charge in [-0.15, -0.1) is 0 Å². The van der Waals surface area contributed by atoms with E-state index in [0.29, 0.717) is 17.1 Å². The molecule has 1 heterocycles. The maximum Gasteiger partial charge on any atom is 0.168 e. The second-order valence-electron chi connectivity index (χ2n) is 5.67. The predicted octanol–water partition coefficient (Wildman–Crippen LogP) is 4.34. The van der Waals surface area contributed by atoms with Gasteiger partial charge in [0.1, 0.15) is 5.69 Å². The molecule has 3 aromatic rings. The Hall–Kier alpha value is -2.73. The summed E-state index contributed by atoms with van der Waals surface area (Å²) in [4.78, 5) is 18.1. The van der Waals surface area contributed by atoms with Crippen LogP contribution < -0.4 is 0 Å². The number of aromatic nitrogens is 2. The molecule has 0 unspecified atom stereocenters. The summed E-state index contributed by atoms with van der Waals surface area (Å²) >= 11 is 3.48. The Balaban J connectivity index is 2.26. The van der Waals surface area contributed by atoms with Gasteiger partial charge in [-0.25, -0.2) is 9.67 Å². The van der Waals surface area contributed by atoms with Gasteiger partial charge in [0.15, 0.2) is 12.1 Å². The van der Waals surface area contributed by atoms with Crippen molar-refractivity contribution in [2.45, 2.75) is 0 Å². The standard InChI is InChI=1S/C19H17BrN4O/c1-23(2)13-21-19-17(12-25)18(14-7-4-3-5-8-14)22-24(19)16-10-6-9-15(20)11-16/h3-13H,1-2H3/b21-13-. The van der Waals surface area contributed by atoms with Crippen molar-refractivity contribution < 1.29 is 4.79 Å². The number of halogens is 1. The lowest BCUT2D eigenvalue weighted by atomic mass is 10.1. The SMILES string of the molecule is CN(C)/C=N\c1c(C=O)c(-c2ccccc2)nn1-c1cccc(Br)c1. The van der Waals surface area contributed by atoms with Crippen LogP contribution in [0.3, 0.4) is 0 Å². The van der Waals surface area contributed by atoms with E-state index in [9.17, 15) is 4.79 Å². The van der Waals surface area contributed by atoms with Crippen molar-refractivity contribution >= 4 is 34.4 Å². The Morgan fingerprint density at radius 1 is 1.12 bits per heavy atom. The number of aldehydes is 1. The molecule has 0 atom stereocenters. The van der Waals surface area contributed by atoms with E-state index in [4.69, 9.17) is 0 Å². The van der Waals surface area contributed by atoms with Gasteiger partial charge in [-0.1, -0.05) is 52.3 Å². The number of carbonyl (C=O) groups excluding carboxylic acids is 1. The van der Waals surface area contributed by atoms with Crippen LogP contribution in [-0.4, -0.2) is 41.4 Å². The molecule has 0 aliphatic carbocycles. The minimum absolute atomic E-state index is 0.462. The number of benzene rings is 2. The van der Waals surface area contributed by atoms with Crippen molar-refractivity contribution in [1.82, 2.24) is 14.7 Å². The average Bonchev–Trinajstić information content (AvgIpc) is 2.99. The van der Waals surface area contributed by atoms with E-state index in [2.05, 4.69) is 26.0 Å². The highest BCUT2D eigenvalue weighted by atomic mass is 79.9. The van der Waals surface area contributed by atoms with Crippen LogP contribution in [0.15, 0.2) is 64.1 Å². The fraction of sp³-hybridized carbons (Fsp3) is 0.105. The fourth-order valence-electron chi connectivity index (χ4n) is 2.42. The Morgan fingerprint density at radius 2 is 1.88 bits per heavy atom. The maximum absolute atomic E-state index is 11.8. The van der Waals surface area contributed by atoms with Crippen molar-refractivity contribution in [2.75, 3.05) is 14.1 Å². The minimum Gasteiger partial charge on any atom is -0.369 e. The van der Waals surface area contributed by atoms with Crippen LogP contribution in [0.1, 0.15) is 10.4 Å². The molecule has 0 aliphatic heterocycles. The van der Waals surface area contributed by atoms with Gasteiger partial charge in [0.2, 0.25) is 0 Å². The summed E-state index contributed by atoms with van der Waals surface area (Å²) in [6, 6.07) is 17.4. The molecule has 126 valence electrons. The van der Waals surface area contributed by atoms with Crippen molar-refractivity contribution in [3.63, 3.8) is 0 Å². The van der Waals surface area contributed by atoms with Crippen molar-refractivity contribution in [1.29, 1.82) is 0 Å². The minimum atomic E-state index is 0.462. The Labute approximate surface area is 154 Å². The molecule has 0 saturated heterocycles. The van der Waals surface area contributed by atoms with Gasteiger partial charge in [0, 0.05) is 24.1 Å². The fourth-order valence-corrected chi connectivity index (χ4v) is 2.81. The van der Waals surface area contributed by atoms with Crippen molar-refractivity contribution in [3.8, 4) is 16.9 Å². The number of aliphatic imine (C=N–C) groups is 1. The molecular weight excluding hydrogens is 380 g/mol. The van der Waals surface area contributed by atoms with Gasteiger partial charge in [-0.05, 0) is 18.2 Å². The zero-order valence-corrected chi connectivity index (χ0v) is 15.5. The molecule has 5 nitrogen and oxygen atoms in total. The van der Waals surface area contributed by atoms with E-state index in [1.807, 2.05) is 73.6 Å². The molecule has 0 saturated carbocycles. The van der Waals surface area contributed by atoms with E-state index in [-0.39, 0.29) is 0 Å². The third kappa shape index (κ3) is 3.69. The van der Waals surface area contributed by atoms with Gasteiger partial charge < -0.3 is 4.90 Å². The lowest BCUT2D eigenvalue weighted by Crippen LogP contribution is -2.08. The Kier molecular flexibility index (Phi) is 5.09. The molecule has 0 aliphatic rings. The molecule has 0 N–H and O–H groups in total. The highest BCUT2D eigenvalue weighted by Gasteiger charge is 2.19. The summed E-state index contributed by atoms with van der Waals surface area (Å²) in [5, 5.41) is 4.67. The molecule has 3 rings (SSSR count). The summed E-state index contributed by atoms with van der Waals surface area (Å²) in [7, 11) is 3.75. The van der Waals surface area contributed by atoms with Crippen molar-refractivity contribution in [2.24, 2.45) is 4.99 Å². The first-order valence-corrected chi connectivity index (χ1v) is 8.49. The van der Waals surface area contributed by atoms with Crippen LogP contribution >= 0.6 is 15.9 Å². The van der Waals surface area contributed by atoms with Gasteiger partial charge in [-0.3, -0.25) is 4.79 Å². The number of carbonyl (C=O) groups is 1. The zero-order valence-electron chi connectivity index (χ0n) is 13.9. The van der Waals surface area contributed by atoms with E-state index in [0.717, 1.165) is 22.0 Å². The van der Waals surface area contributed by atoms with Gasteiger partial charge in [-0.2, -0.15) is 5.10 Å². The molecule has 1 aromatic heterocycles. The van der Waals surface area contributed by atoms with Gasteiger partial charge in [0.25, 0.3) is 0 Å². The molecule has 25 heavy (non-hydrogen) atoms. The third-order valence-corrected chi connectivity index (χ3v) is 4.02. The monoisotopic (exact) mass is 396 g/mol. The Morgan fingerprint density at radius 3 is 2.52 bits per heavy atom. The number of nitrogens with zero attached hydrogens (tertiary/aromatic N) is 4. The van der Waals surface area contributed by atoms with Crippen LogP contribution in [0.5, 0.6) is 0 Å². The van der Waals surface area contributed by atoms with Crippen LogP contribution in [0, 0.1) is 0 Å². The topological polar surface area (TPSA) is 50.5 Å². The van der Waals surface area contributed by atoms with E-state index in [1.165, 1.54) is 0 Å². The first-order chi connectivity index (χ1) is 12.1. The van der Waals surface area contributed by atoms with Crippen LogP contribution in [0.2, 0.25) is 0 Å². The Bertz CT molecular complexity index is 916. The second kappa shape index (κ2) is 7.44. The highest BCUT2D eigenvalue weighted by molar-refractivity contribution is 9.10. The maximum atomic E-state index is 11.8. The first-order valence-electron chi connectivity index (χ1n) is 7.70. The molecule has 0 amide bonds. The first kappa shape index (κ1) is 17.1. The molecule has 2 aromatic carbocycles. The normalized spacial score (nSPS) is 11.0. The molecule has 0 bridgehead atoms. The third-order valence-electron chi connectivity index (χ3n) is 3.53. The molecule has 0 radical (unpaired) electrons. The highest BCUT2D eigenvalue weighted by Crippen LogP contribution is 2.32. The predicted molar refractivity (Wildman–Crippen MR) is 104 cm³/mol. The van der Waals surface area contributed by atoms with Crippen LogP contribution in [0.25, 0.3) is 16.9 Å². The van der Waals surface area contributed by atoms with Gasteiger partial charge >= 0.3 is 0 Å².